The number of hydrogen-bond acceptors (Lipinski definition) is 2. The van der Waals surface area contributed by atoms with Gasteiger partial charge in [0, 0.05) is 13.2 Å². The predicted octanol–water partition coefficient (Wildman–Crippen LogP) is 2.39. The van der Waals surface area contributed by atoms with Gasteiger partial charge in [0.1, 0.15) is 0 Å². The highest BCUT2D eigenvalue weighted by atomic mass is 16.2. The molecule has 0 saturated carbocycles. The van der Waals surface area contributed by atoms with Gasteiger partial charge in [0.15, 0.2) is 0 Å². The fourth-order valence-electron chi connectivity index (χ4n) is 2.77. The third kappa shape index (κ3) is 3.80. The van der Waals surface area contributed by atoms with E-state index in [1.807, 2.05) is 12.1 Å². The van der Waals surface area contributed by atoms with E-state index in [2.05, 4.69) is 17.4 Å². The van der Waals surface area contributed by atoms with Crippen molar-refractivity contribution in [1.82, 2.24) is 5.32 Å². The van der Waals surface area contributed by atoms with Crippen molar-refractivity contribution in [2.24, 2.45) is 0 Å². The van der Waals surface area contributed by atoms with Gasteiger partial charge in [0.25, 0.3) is 0 Å². The number of unbranched alkanes of at least 4 members (excludes halogenated alkanes) is 2. The number of aliphatic hydroxyl groups excluding tert-OH is 1. The van der Waals surface area contributed by atoms with Gasteiger partial charge in [-0.2, -0.15) is 0 Å². The van der Waals surface area contributed by atoms with Crippen LogP contribution in [0.4, 0.5) is 0 Å². The molecule has 1 atom stereocenters. The maximum absolute atomic E-state index is 12.2. The molecule has 3 heteroatoms. The topological polar surface area (TPSA) is 49.3 Å². The van der Waals surface area contributed by atoms with Gasteiger partial charge in [-0.3, -0.25) is 4.79 Å². The third-order valence-corrected chi connectivity index (χ3v) is 3.82. The van der Waals surface area contributed by atoms with Crippen LogP contribution in [0.5, 0.6) is 0 Å². The van der Waals surface area contributed by atoms with Crippen LogP contribution in [0.15, 0.2) is 24.3 Å². The maximum atomic E-state index is 12.2. The number of rotatable bonds is 6. The first kappa shape index (κ1) is 14.1. The van der Waals surface area contributed by atoms with Gasteiger partial charge < -0.3 is 10.4 Å². The Hall–Kier alpha value is -1.35. The Labute approximate surface area is 115 Å². The lowest BCUT2D eigenvalue weighted by molar-refractivity contribution is -0.122. The molecule has 0 bridgehead atoms. The summed E-state index contributed by atoms with van der Waals surface area (Å²) in [6, 6.07) is 8.29. The Morgan fingerprint density at radius 3 is 2.95 bits per heavy atom. The predicted molar refractivity (Wildman–Crippen MR) is 76.1 cm³/mol. The van der Waals surface area contributed by atoms with Gasteiger partial charge in [-0.1, -0.05) is 24.3 Å². The summed E-state index contributed by atoms with van der Waals surface area (Å²) in [7, 11) is 0. The van der Waals surface area contributed by atoms with E-state index < -0.39 is 0 Å². The van der Waals surface area contributed by atoms with E-state index in [0.29, 0.717) is 0 Å². The van der Waals surface area contributed by atoms with Gasteiger partial charge in [-0.05, 0) is 49.7 Å². The van der Waals surface area contributed by atoms with E-state index in [9.17, 15) is 4.79 Å². The highest BCUT2D eigenvalue weighted by Crippen LogP contribution is 2.31. The van der Waals surface area contributed by atoms with Crippen molar-refractivity contribution in [2.75, 3.05) is 13.2 Å². The number of nitrogens with one attached hydrogen (secondary N) is 1. The summed E-state index contributed by atoms with van der Waals surface area (Å²) in [5.74, 6) is 0.193. The largest absolute Gasteiger partial charge is 0.396 e. The Bertz CT molecular complexity index is 417. The summed E-state index contributed by atoms with van der Waals surface area (Å²) in [6.07, 6.45) is 5.89. The number of benzene rings is 1. The second-order valence-corrected chi connectivity index (χ2v) is 5.22. The van der Waals surface area contributed by atoms with Crippen molar-refractivity contribution in [2.45, 2.75) is 44.4 Å². The fourth-order valence-corrected chi connectivity index (χ4v) is 2.77. The van der Waals surface area contributed by atoms with Crippen LogP contribution in [0.3, 0.4) is 0 Å². The van der Waals surface area contributed by atoms with Gasteiger partial charge in [0.2, 0.25) is 5.91 Å². The van der Waals surface area contributed by atoms with Crippen LogP contribution >= 0.6 is 0 Å². The molecule has 3 nitrogen and oxygen atoms in total. The molecule has 2 rings (SSSR count). The van der Waals surface area contributed by atoms with Crippen molar-refractivity contribution in [3.05, 3.63) is 35.4 Å². The lowest BCUT2D eigenvalue weighted by Gasteiger charge is -2.24. The van der Waals surface area contributed by atoms with Crippen LogP contribution in [0, 0.1) is 0 Å². The molecule has 0 radical (unpaired) electrons. The molecular weight excluding hydrogens is 238 g/mol. The van der Waals surface area contributed by atoms with Crippen molar-refractivity contribution in [3.8, 4) is 0 Å². The molecule has 1 aromatic carbocycles. The van der Waals surface area contributed by atoms with Crippen LogP contribution < -0.4 is 5.32 Å². The molecule has 1 aliphatic carbocycles. The Kier molecular flexibility index (Phi) is 5.40. The number of fused-ring (bicyclic) bond motifs is 1. The molecule has 1 aliphatic rings. The molecule has 2 N–H and O–H groups in total. The minimum atomic E-state index is 0.0304. The highest BCUT2D eigenvalue weighted by molar-refractivity contribution is 5.84. The SMILES string of the molecule is O=C(NCCCCCO)C1CCCc2ccccc21. The summed E-state index contributed by atoms with van der Waals surface area (Å²) < 4.78 is 0. The molecule has 104 valence electrons. The fraction of sp³-hybridized carbons (Fsp3) is 0.562. The number of carbonyl (C=O) groups excluding carboxylic acids is 1. The number of amides is 1. The van der Waals surface area contributed by atoms with Crippen molar-refractivity contribution in [1.29, 1.82) is 0 Å². The third-order valence-electron chi connectivity index (χ3n) is 3.82. The summed E-state index contributed by atoms with van der Waals surface area (Å²) >= 11 is 0. The molecule has 1 aromatic rings. The Morgan fingerprint density at radius 2 is 2.11 bits per heavy atom. The summed E-state index contributed by atoms with van der Waals surface area (Å²) in [6.45, 7) is 0.960. The standard InChI is InChI=1S/C16H23NO2/c18-12-5-1-4-11-17-16(19)15-10-6-8-13-7-2-3-9-14(13)15/h2-3,7,9,15,18H,1,4-6,8,10-12H2,(H,17,19). The molecule has 0 aliphatic heterocycles. The first-order valence-electron chi connectivity index (χ1n) is 7.29. The van der Waals surface area contributed by atoms with E-state index in [1.54, 1.807) is 0 Å². The summed E-state index contributed by atoms with van der Waals surface area (Å²) in [5.41, 5.74) is 2.54. The van der Waals surface area contributed by atoms with Crippen LogP contribution in [0.1, 0.15) is 49.1 Å². The highest BCUT2D eigenvalue weighted by Gasteiger charge is 2.25. The number of carbonyl (C=O) groups is 1. The zero-order chi connectivity index (χ0) is 13.5. The van der Waals surface area contributed by atoms with E-state index >= 15 is 0 Å². The summed E-state index contributed by atoms with van der Waals surface area (Å²) in [5, 5.41) is 11.7. The van der Waals surface area contributed by atoms with E-state index in [4.69, 9.17) is 5.11 Å². The molecule has 0 fully saturated rings. The Morgan fingerprint density at radius 1 is 1.26 bits per heavy atom. The average Bonchev–Trinajstić information content (AvgIpc) is 2.46. The van der Waals surface area contributed by atoms with Crippen molar-refractivity contribution >= 4 is 5.91 Å². The minimum Gasteiger partial charge on any atom is -0.396 e. The number of hydrogen-bond donors (Lipinski definition) is 2. The molecule has 0 saturated heterocycles. The quantitative estimate of drug-likeness (QED) is 0.772. The van der Waals surface area contributed by atoms with Crippen LogP contribution in [0.2, 0.25) is 0 Å². The Balaban J connectivity index is 1.86. The van der Waals surface area contributed by atoms with E-state index in [0.717, 1.165) is 45.1 Å². The second kappa shape index (κ2) is 7.29. The van der Waals surface area contributed by atoms with Crippen molar-refractivity contribution < 1.29 is 9.90 Å². The smallest absolute Gasteiger partial charge is 0.227 e. The van der Waals surface area contributed by atoms with E-state index in [1.165, 1.54) is 11.1 Å². The molecule has 1 unspecified atom stereocenters. The maximum Gasteiger partial charge on any atom is 0.227 e. The lowest BCUT2D eigenvalue weighted by Crippen LogP contribution is -2.32. The molecule has 0 aromatic heterocycles. The van der Waals surface area contributed by atoms with Gasteiger partial charge in [-0.15, -0.1) is 0 Å². The molecule has 1 amide bonds. The normalized spacial score (nSPS) is 17.8. The minimum absolute atomic E-state index is 0.0304. The average molecular weight is 261 g/mol. The molecular formula is C16H23NO2. The zero-order valence-corrected chi connectivity index (χ0v) is 11.4. The van der Waals surface area contributed by atoms with Crippen LogP contribution in [-0.2, 0) is 11.2 Å². The first-order chi connectivity index (χ1) is 9.33. The number of aliphatic hydroxyl groups is 1. The zero-order valence-electron chi connectivity index (χ0n) is 11.4. The van der Waals surface area contributed by atoms with Gasteiger partial charge in [0.05, 0.1) is 5.92 Å². The summed E-state index contributed by atoms with van der Waals surface area (Å²) in [4.78, 5) is 12.2. The van der Waals surface area contributed by atoms with Crippen molar-refractivity contribution in [3.63, 3.8) is 0 Å². The molecule has 0 heterocycles. The van der Waals surface area contributed by atoms with E-state index in [-0.39, 0.29) is 18.4 Å². The van der Waals surface area contributed by atoms with Gasteiger partial charge >= 0.3 is 0 Å². The molecule has 0 spiro atoms. The monoisotopic (exact) mass is 261 g/mol. The van der Waals surface area contributed by atoms with Crippen LogP contribution in [0.25, 0.3) is 0 Å². The second-order valence-electron chi connectivity index (χ2n) is 5.22. The van der Waals surface area contributed by atoms with Gasteiger partial charge in [-0.25, -0.2) is 0 Å². The lowest BCUT2D eigenvalue weighted by atomic mass is 9.82. The number of aryl methyl sites for hydroxylation is 1. The molecule has 19 heavy (non-hydrogen) atoms. The van der Waals surface area contributed by atoms with Crippen LogP contribution in [-0.4, -0.2) is 24.2 Å². The first-order valence-corrected chi connectivity index (χ1v) is 7.29.